The second kappa shape index (κ2) is 6.75. The van der Waals surface area contributed by atoms with Crippen molar-refractivity contribution < 1.29 is 4.52 Å². The van der Waals surface area contributed by atoms with Crippen molar-refractivity contribution in [2.75, 3.05) is 0 Å². The SMILES string of the molecule is Cc1ccc(-c2noc(C3Cc4nc[nH]c4CN3Cc3cccs3)n2)cc1. The predicted octanol–water partition coefficient (Wildman–Crippen LogP) is 4.13. The molecule has 4 heterocycles. The van der Waals surface area contributed by atoms with Crippen molar-refractivity contribution in [3.63, 3.8) is 0 Å². The highest BCUT2D eigenvalue weighted by atomic mass is 32.1. The Kier molecular flexibility index (Phi) is 4.10. The van der Waals surface area contributed by atoms with E-state index in [1.54, 1.807) is 17.7 Å². The van der Waals surface area contributed by atoms with Crippen molar-refractivity contribution >= 4 is 11.3 Å². The van der Waals surface area contributed by atoms with E-state index in [0.29, 0.717) is 11.7 Å². The van der Waals surface area contributed by atoms with E-state index in [2.05, 4.69) is 56.6 Å². The lowest BCUT2D eigenvalue weighted by Crippen LogP contribution is -2.34. The Bertz CT molecular complexity index is 1030. The summed E-state index contributed by atoms with van der Waals surface area (Å²) < 4.78 is 5.69. The molecule has 1 N–H and O–H groups in total. The van der Waals surface area contributed by atoms with Crippen molar-refractivity contribution in [1.82, 2.24) is 25.0 Å². The maximum Gasteiger partial charge on any atom is 0.244 e. The maximum absolute atomic E-state index is 5.69. The second-order valence-electron chi connectivity index (χ2n) is 6.85. The number of nitrogens with zero attached hydrogens (tertiary/aromatic N) is 4. The molecular weight excluding hydrogens is 358 g/mol. The third kappa shape index (κ3) is 3.20. The third-order valence-corrected chi connectivity index (χ3v) is 5.83. The molecule has 7 heteroatoms. The smallest absolute Gasteiger partial charge is 0.244 e. The van der Waals surface area contributed by atoms with Gasteiger partial charge in [-0.05, 0) is 18.4 Å². The van der Waals surface area contributed by atoms with E-state index in [-0.39, 0.29) is 6.04 Å². The van der Waals surface area contributed by atoms with E-state index in [9.17, 15) is 0 Å². The second-order valence-corrected chi connectivity index (χ2v) is 7.89. The molecule has 0 amide bonds. The highest BCUT2D eigenvalue weighted by Gasteiger charge is 2.33. The molecule has 0 radical (unpaired) electrons. The Labute approximate surface area is 160 Å². The van der Waals surface area contributed by atoms with E-state index in [4.69, 9.17) is 9.51 Å². The van der Waals surface area contributed by atoms with E-state index in [1.165, 1.54) is 16.1 Å². The Hall–Kier alpha value is -2.77. The number of nitrogens with one attached hydrogen (secondary N) is 1. The summed E-state index contributed by atoms with van der Waals surface area (Å²) in [6.07, 6.45) is 2.53. The minimum absolute atomic E-state index is 0.0228. The highest BCUT2D eigenvalue weighted by Crippen LogP contribution is 2.33. The molecule has 0 aliphatic carbocycles. The molecule has 0 spiro atoms. The maximum atomic E-state index is 5.69. The van der Waals surface area contributed by atoms with Gasteiger partial charge in [-0.25, -0.2) is 4.98 Å². The Morgan fingerprint density at radius 1 is 1.26 bits per heavy atom. The zero-order chi connectivity index (χ0) is 18.2. The molecule has 1 aromatic carbocycles. The first kappa shape index (κ1) is 16.4. The van der Waals surface area contributed by atoms with Crippen LogP contribution >= 0.6 is 11.3 Å². The zero-order valence-corrected chi connectivity index (χ0v) is 15.7. The molecule has 27 heavy (non-hydrogen) atoms. The van der Waals surface area contributed by atoms with Crippen LogP contribution in [0.15, 0.2) is 52.6 Å². The quantitative estimate of drug-likeness (QED) is 0.579. The number of aromatic amines is 1. The van der Waals surface area contributed by atoms with Crippen molar-refractivity contribution in [2.24, 2.45) is 0 Å². The van der Waals surface area contributed by atoms with Gasteiger partial charge in [-0.3, -0.25) is 4.90 Å². The number of aryl methyl sites for hydroxylation is 1. The van der Waals surface area contributed by atoms with Gasteiger partial charge in [0.15, 0.2) is 0 Å². The van der Waals surface area contributed by atoms with Crippen LogP contribution in [0.1, 0.15) is 33.8 Å². The van der Waals surface area contributed by atoms with Crippen molar-refractivity contribution in [3.8, 4) is 11.4 Å². The Balaban J connectivity index is 1.46. The van der Waals surface area contributed by atoms with Gasteiger partial charge in [0.05, 0.1) is 23.8 Å². The largest absolute Gasteiger partial charge is 0.347 e. The molecule has 136 valence electrons. The number of hydrogen-bond acceptors (Lipinski definition) is 6. The summed E-state index contributed by atoms with van der Waals surface area (Å²) >= 11 is 1.77. The first-order chi connectivity index (χ1) is 13.3. The normalized spacial score (nSPS) is 17.1. The Morgan fingerprint density at radius 2 is 2.15 bits per heavy atom. The van der Waals surface area contributed by atoms with Crippen LogP contribution in [0.5, 0.6) is 0 Å². The number of aromatic nitrogens is 4. The van der Waals surface area contributed by atoms with Gasteiger partial charge in [-0.2, -0.15) is 4.98 Å². The molecule has 1 aliphatic rings. The summed E-state index contributed by atoms with van der Waals surface area (Å²) in [5, 5.41) is 6.34. The standard InChI is InChI=1S/C20H19N5OS/c1-13-4-6-14(7-5-13)19-23-20(26-24-19)18-9-16-17(22-12-21-16)11-25(18)10-15-3-2-8-27-15/h2-8,12,18H,9-11H2,1H3,(H,21,22). The number of H-pyrrole nitrogens is 1. The summed E-state index contributed by atoms with van der Waals surface area (Å²) in [6.45, 7) is 3.71. The minimum atomic E-state index is 0.0228. The summed E-state index contributed by atoms with van der Waals surface area (Å²) in [4.78, 5) is 16.1. The summed E-state index contributed by atoms with van der Waals surface area (Å²) in [7, 11) is 0. The lowest BCUT2D eigenvalue weighted by molar-refractivity contribution is 0.129. The predicted molar refractivity (Wildman–Crippen MR) is 103 cm³/mol. The molecule has 0 saturated heterocycles. The van der Waals surface area contributed by atoms with E-state index < -0.39 is 0 Å². The van der Waals surface area contributed by atoms with Gasteiger partial charge in [0.2, 0.25) is 11.7 Å². The lowest BCUT2D eigenvalue weighted by atomic mass is 10.0. The average molecular weight is 377 g/mol. The van der Waals surface area contributed by atoms with Gasteiger partial charge < -0.3 is 9.51 Å². The van der Waals surface area contributed by atoms with Crippen LogP contribution in [0.3, 0.4) is 0 Å². The first-order valence-corrected chi connectivity index (χ1v) is 9.82. The van der Waals surface area contributed by atoms with Gasteiger partial charge in [0.25, 0.3) is 0 Å². The fourth-order valence-corrected chi connectivity index (χ4v) is 4.22. The fourth-order valence-electron chi connectivity index (χ4n) is 3.49. The van der Waals surface area contributed by atoms with Gasteiger partial charge in [0.1, 0.15) is 0 Å². The number of fused-ring (bicyclic) bond motifs is 1. The van der Waals surface area contributed by atoms with Crippen molar-refractivity contribution in [1.29, 1.82) is 0 Å². The number of thiophene rings is 1. The lowest BCUT2D eigenvalue weighted by Gasteiger charge is -2.32. The minimum Gasteiger partial charge on any atom is -0.347 e. The summed E-state index contributed by atoms with van der Waals surface area (Å²) in [6, 6.07) is 12.4. The average Bonchev–Trinajstić information content (AvgIpc) is 3.43. The highest BCUT2D eigenvalue weighted by molar-refractivity contribution is 7.09. The van der Waals surface area contributed by atoms with Crippen molar-refractivity contribution in [2.45, 2.75) is 32.5 Å². The van der Waals surface area contributed by atoms with E-state index in [1.807, 2.05) is 12.1 Å². The molecule has 3 aromatic heterocycles. The molecule has 5 rings (SSSR count). The zero-order valence-electron chi connectivity index (χ0n) is 14.9. The fraction of sp³-hybridized carbons (Fsp3) is 0.250. The van der Waals surface area contributed by atoms with E-state index in [0.717, 1.165) is 30.8 Å². The molecule has 0 bridgehead atoms. The molecule has 6 nitrogen and oxygen atoms in total. The third-order valence-electron chi connectivity index (χ3n) is 4.97. The van der Waals surface area contributed by atoms with Crippen LogP contribution in [0.2, 0.25) is 0 Å². The van der Waals surface area contributed by atoms with Crippen LogP contribution in [0, 0.1) is 6.92 Å². The molecule has 0 saturated carbocycles. The monoisotopic (exact) mass is 377 g/mol. The molecule has 0 fully saturated rings. The van der Waals surface area contributed by atoms with Crippen LogP contribution in [0.25, 0.3) is 11.4 Å². The number of hydrogen-bond donors (Lipinski definition) is 1. The molecule has 1 atom stereocenters. The number of benzene rings is 1. The van der Waals surface area contributed by atoms with Gasteiger partial charge in [0, 0.05) is 30.0 Å². The molecular formula is C20H19N5OS. The van der Waals surface area contributed by atoms with Gasteiger partial charge in [-0.15, -0.1) is 11.3 Å². The number of rotatable bonds is 4. The van der Waals surface area contributed by atoms with E-state index >= 15 is 0 Å². The van der Waals surface area contributed by atoms with Crippen LogP contribution in [0.4, 0.5) is 0 Å². The number of imidazole rings is 1. The molecule has 1 unspecified atom stereocenters. The summed E-state index contributed by atoms with van der Waals surface area (Å²) in [5.41, 5.74) is 4.43. The van der Waals surface area contributed by atoms with Gasteiger partial charge >= 0.3 is 0 Å². The van der Waals surface area contributed by atoms with Crippen LogP contribution < -0.4 is 0 Å². The molecule has 4 aromatic rings. The van der Waals surface area contributed by atoms with Gasteiger partial charge in [-0.1, -0.05) is 41.1 Å². The summed E-state index contributed by atoms with van der Waals surface area (Å²) in [5.74, 6) is 1.28. The van der Waals surface area contributed by atoms with Crippen LogP contribution in [-0.2, 0) is 19.5 Å². The van der Waals surface area contributed by atoms with Crippen molar-refractivity contribution in [3.05, 3.63) is 75.8 Å². The first-order valence-electron chi connectivity index (χ1n) is 8.94. The topological polar surface area (TPSA) is 70.8 Å². The van der Waals surface area contributed by atoms with Crippen LogP contribution in [-0.4, -0.2) is 25.0 Å². The molecule has 1 aliphatic heterocycles. The Morgan fingerprint density at radius 3 is 2.96 bits per heavy atom.